The van der Waals surface area contributed by atoms with Crippen LogP contribution in [-0.4, -0.2) is 34.9 Å². The molecule has 0 unspecified atom stereocenters. The Bertz CT molecular complexity index is 429. The first kappa shape index (κ1) is 34.4. The Morgan fingerprint density at radius 1 is 0.571 bits per heavy atom. The standard InChI is InChI=1S/C31H63NO3/c1-3-5-7-9-11-13-15-16-17-19-21-23-25-27-31(35)32-29(28-33)30(34)26-24-22-20-18-14-12-10-8-6-4-2/h29-30,33-34H,3-28H2,1-2H3,(H,32,35)/t29-,30+/m0/s1. The number of unbranched alkanes of at least 4 members (excludes halogenated alkanes) is 21. The molecule has 0 aliphatic heterocycles. The van der Waals surface area contributed by atoms with E-state index >= 15 is 0 Å². The molecule has 35 heavy (non-hydrogen) atoms. The van der Waals surface area contributed by atoms with Gasteiger partial charge in [0.25, 0.3) is 0 Å². The van der Waals surface area contributed by atoms with Crippen LogP contribution in [0.4, 0.5) is 0 Å². The van der Waals surface area contributed by atoms with Crippen molar-refractivity contribution in [3.63, 3.8) is 0 Å². The summed E-state index contributed by atoms with van der Waals surface area (Å²) in [5.74, 6) is -0.0331. The Kier molecular flexibility index (Phi) is 27.5. The lowest BCUT2D eigenvalue weighted by atomic mass is 10.0. The molecule has 3 N–H and O–H groups in total. The second kappa shape index (κ2) is 28.0. The highest BCUT2D eigenvalue weighted by atomic mass is 16.3. The van der Waals surface area contributed by atoms with E-state index in [1.807, 2.05) is 0 Å². The van der Waals surface area contributed by atoms with Crippen LogP contribution in [0.25, 0.3) is 0 Å². The number of carbonyl (C=O) groups is 1. The van der Waals surface area contributed by atoms with Crippen molar-refractivity contribution in [3.05, 3.63) is 0 Å². The number of aliphatic hydroxyl groups is 2. The van der Waals surface area contributed by atoms with E-state index in [0.717, 1.165) is 25.7 Å². The zero-order chi connectivity index (χ0) is 25.8. The molecule has 210 valence electrons. The minimum atomic E-state index is -0.648. The third kappa shape index (κ3) is 24.8. The van der Waals surface area contributed by atoms with E-state index in [9.17, 15) is 15.0 Å². The Hall–Kier alpha value is -0.610. The highest BCUT2D eigenvalue weighted by Gasteiger charge is 2.19. The lowest BCUT2D eigenvalue weighted by Crippen LogP contribution is -2.45. The molecule has 0 saturated heterocycles. The minimum absolute atomic E-state index is 0.0331. The topological polar surface area (TPSA) is 69.6 Å². The average molecular weight is 498 g/mol. The van der Waals surface area contributed by atoms with Crippen molar-refractivity contribution < 1.29 is 15.0 Å². The lowest BCUT2D eigenvalue weighted by Gasteiger charge is -2.22. The van der Waals surface area contributed by atoms with Crippen molar-refractivity contribution in [2.45, 2.75) is 187 Å². The van der Waals surface area contributed by atoms with E-state index < -0.39 is 12.1 Å². The third-order valence-corrected chi connectivity index (χ3v) is 7.37. The van der Waals surface area contributed by atoms with Gasteiger partial charge in [0.05, 0.1) is 18.8 Å². The van der Waals surface area contributed by atoms with E-state index in [-0.39, 0.29) is 12.5 Å². The van der Waals surface area contributed by atoms with Gasteiger partial charge in [0, 0.05) is 6.42 Å². The normalized spacial score (nSPS) is 13.1. The molecule has 4 heteroatoms. The number of amides is 1. The van der Waals surface area contributed by atoms with E-state index in [1.54, 1.807) is 0 Å². The smallest absolute Gasteiger partial charge is 0.220 e. The second-order valence-electron chi connectivity index (χ2n) is 10.9. The fourth-order valence-corrected chi connectivity index (χ4v) is 4.89. The molecule has 2 atom stereocenters. The van der Waals surface area contributed by atoms with Crippen LogP contribution < -0.4 is 5.32 Å². The molecule has 0 bridgehead atoms. The van der Waals surface area contributed by atoms with Crippen molar-refractivity contribution in [1.29, 1.82) is 0 Å². The van der Waals surface area contributed by atoms with Crippen LogP contribution in [0.15, 0.2) is 0 Å². The van der Waals surface area contributed by atoms with Crippen molar-refractivity contribution in [2.24, 2.45) is 0 Å². The van der Waals surface area contributed by atoms with Gasteiger partial charge < -0.3 is 15.5 Å². The molecule has 0 rings (SSSR count). The van der Waals surface area contributed by atoms with E-state index in [0.29, 0.717) is 12.8 Å². The SMILES string of the molecule is CCCCCCCCCCCCCCCC(=O)N[C@@H](CO)[C@H](O)CCCCCCCCCCCC. The molecule has 0 heterocycles. The predicted octanol–water partition coefficient (Wildman–Crippen LogP) is 8.62. The Balaban J connectivity index is 3.57. The fourth-order valence-electron chi connectivity index (χ4n) is 4.89. The maximum atomic E-state index is 12.2. The van der Waals surface area contributed by atoms with Crippen LogP contribution in [0.2, 0.25) is 0 Å². The molecule has 0 aliphatic carbocycles. The third-order valence-electron chi connectivity index (χ3n) is 7.37. The van der Waals surface area contributed by atoms with Gasteiger partial charge in [-0.3, -0.25) is 4.79 Å². The molecular weight excluding hydrogens is 434 g/mol. The van der Waals surface area contributed by atoms with Crippen molar-refractivity contribution >= 4 is 5.91 Å². The van der Waals surface area contributed by atoms with Crippen LogP contribution in [0, 0.1) is 0 Å². The van der Waals surface area contributed by atoms with Crippen LogP contribution in [-0.2, 0) is 4.79 Å². The summed E-state index contributed by atoms with van der Waals surface area (Å²) >= 11 is 0. The van der Waals surface area contributed by atoms with Gasteiger partial charge in [0.1, 0.15) is 0 Å². The van der Waals surface area contributed by atoms with Gasteiger partial charge in [-0.15, -0.1) is 0 Å². The monoisotopic (exact) mass is 497 g/mol. The van der Waals surface area contributed by atoms with Gasteiger partial charge in [-0.2, -0.15) is 0 Å². The second-order valence-corrected chi connectivity index (χ2v) is 10.9. The van der Waals surface area contributed by atoms with Crippen molar-refractivity contribution in [2.75, 3.05) is 6.61 Å². The lowest BCUT2D eigenvalue weighted by molar-refractivity contribution is -0.123. The minimum Gasteiger partial charge on any atom is -0.394 e. The Morgan fingerprint density at radius 2 is 0.914 bits per heavy atom. The molecule has 0 spiro atoms. The van der Waals surface area contributed by atoms with Crippen molar-refractivity contribution in [1.82, 2.24) is 5.32 Å². The summed E-state index contributed by atoms with van der Waals surface area (Å²) in [6.45, 7) is 4.33. The molecule has 0 aliphatic rings. The molecule has 4 nitrogen and oxygen atoms in total. The summed E-state index contributed by atoms with van der Waals surface area (Å²) in [6, 6.07) is -0.525. The summed E-state index contributed by atoms with van der Waals surface area (Å²) in [4.78, 5) is 12.2. The fraction of sp³-hybridized carbons (Fsp3) is 0.968. The van der Waals surface area contributed by atoms with E-state index in [1.165, 1.54) is 122 Å². The number of nitrogens with one attached hydrogen (secondary N) is 1. The van der Waals surface area contributed by atoms with Gasteiger partial charge in [-0.05, 0) is 12.8 Å². The first-order chi connectivity index (χ1) is 17.2. The van der Waals surface area contributed by atoms with Gasteiger partial charge in [-0.25, -0.2) is 0 Å². The summed E-state index contributed by atoms with van der Waals surface area (Å²) in [6.07, 6.45) is 30.0. The summed E-state index contributed by atoms with van der Waals surface area (Å²) in [7, 11) is 0. The molecule has 0 fully saturated rings. The van der Waals surface area contributed by atoms with Gasteiger partial charge in [0.15, 0.2) is 0 Å². The Morgan fingerprint density at radius 3 is 1.29 bits per heavy atom. The molecule has 1 amide bonds. The molecule has 0 aromatic rings. The van der Waals surface area contributed by atoms with Gasteiger partial charge >= 0.3 is 0 Å². The van der Waals surface area contributed by atoms with Gasteiger partial charge in [-0.1, -0.05) is 155 Å². The largest absolute Gasteiger partial charge is 0.394 e. The maximum Gasteiger partial charge on any atom is 0.220 e. The number of aliphatic hydroxyl groups excluding tert-OH is 2. The summed E-state index contributed by atoms with van der Waals surface area (Å²) in [5.41, 5.74) is 0. The van der Waals surface area contributed by atoms with E-state index in [2.05, 4.69) is 19.2 Å². The zero-order valence-corrected chi connectivity index (χ0v) is 23.8. The predicted molar refractivity (Wildman–Crippen MR) is 152 cm³/mol. The number of hydrogen-bond acceptors (Lipinski definition) is 3. The molecular formula is C31H63NO3. The first-order valence-electron chi connectivity index (χ1n) is 15.7. The Labute approximate surface area is 219 Å². The van der Waals surface area contributed by atoms with Crippen LogP contribution in [0.3, 0.4) is 0 Å². The first-order valence-corrected chi connectivity index (χ1v) is 15.7. The average Bonchev–Trinajstić information content (AvgIpc) is 2.86. The van der Waals surface area contributed by atoms with Crippen molar-refractivity contribution in [3.8, 4) is 0 Å². The number of carbonyl (C=O) groups excluding carboxylic acids is 1. The van der Waals surface area contributed by atoms with Gasteiger partial charge in [0.2, 0.25) is 5.91 Å². The molecule has 0 aromatic heterocycles. The summed E-state index contributed by atoms with van der Waals surface area (Å²) in [5, 5.41) is 22.9. The van der Waals surface area contributed by atoms with E-state index in [4.69, 9.17) is 0 Å². The highest BCUT2D eigenvalue weighted by Crippen LogP contribution is 2.14. The quantitative estimate of drug-likeness (QED) is 0.0947. The molecule has 0 aromatic carbocycles. The number of rotatable bonds is 28. The summed E-state index contributed by atoms with van der Waals surface area (Å²) < 4.78 is 0. The molecule has 0 radical (unpaired) electrons. The van der Waals surface area contributed by atoms with Crippen LogP contribution >= 0.6 is 0 Å². The zero-order valence-electron chi connectivity index (χ0n) is 23.8. The number of hydrogen-bond donors (Lipinski definition) is 3. The van der Waals surface area contributed by atoms with Crippen LogP contribution in [0.5, 0.6) is 0 Å². The maximum absolute atomic E-state index is 12.2. The molecule has 0 saturated carbocycles. The van der Waals surface area contributed by atoms with Crippen LogP contribution in [0.1, 0.15) is 174 Å². The highest BCUT2D eigenvalue weighted by molar-refractivity contribution is 5.76.